The van der Waals surface area contributed by atoms with Gasteiger partial charge in [0.15, 0.2) is 0 Å². The van der Waals surface area contributed by atoms with Crippen LogP contribution < -0.4 is 5.32 Å². The number of para-hydroxylation sites is 1. The molecule has 0 radical (unpaired) electrons. The van der Waals surface area contributed by atoms with Crippen molar-refractivity contribution < 1.29 is 9.21 Å². The summed E-state index contributed by atoms with van der Waals surface area (Å²) in [4.78, 5) is 15.0. The molecule has 0 unspecified atom stereocenters. The first-order valence-electron chi connectivity index (χ1n) is 10.1. The molecular formula is C23H26N4O2. The van der Waals surface area contributed by atoms with Crippen molar-refractivity contribution in [2.45, 2.75) is 32.7 Å². The maximum absolute atomic E-state index is 12.7. The summed E-state index contributed by atoms with van der Waals surface area (Å²) in [5, 5.41) is 11.5. The van der Waals surface area contributed by atoms with Gasteiger partial charge in [-0.3, -0.25) is 9.69 Å². The van der Waals surface area contributed by atoms with Crippen molar-refractivity contribution in [3.8, 4) is 11.5 Å². The monoisotopic (exact) mass is 390 g/mol. The molecule has 1 amide bonds. The van der Waals surface area contributed by atoms with Gasteiger partial charge in [-0.25, -0.2) is 0 Å². The summed E-state index contributed by atoms with van der Waals surface area (Å²) in [6.07, 6.45) is 1.86. The maximum Gasteiger partial charge on any atom is 0.247 e. The third-order valence-electron chi connectivity index (χ3n) is 5.48. The number of aryl methyl sites for hydroxylation is 1. The molecule has 2 heterocycles. The number of carbonyl (C=O) groups is 1. The predicted octanol–water partition coefficient (Wildman–Crippen LogP) is 4.46. The molecule has 1 fully saturated rings. The number of hydrogen-bond donors (Lipinski definition) is 1. The van der Waals surface area contributed by atoms with Crippen LogP contribution in [0.1, 0.15) is 37.3 Å². The third-order valence-corrected chi connectivity index (χ3v) is 5.48. The molecule has 6 heteroatoms. The van der Waals surface area contributed by atoms with E-state index in [4.69, 9.17) is 4.42 Å². The lowest BCUT2D eigenvalue weighted by Gasteiger charge is -2.34. The quantitative estimate of drug-likeness (QED) is 0.697. The Kier molecular flexibility index (Phi) is 5.71. The molecule has 0 bridgehead atoms. The number of benzene rings is 2. The highest BCUT2D eigenvalue weighted by Gasteiger charge is 2.31. The number of hydrogen-bond acceptors (Lipinski definition) is 5. The summed E-state index contributed by atoms with van der Waals surface area (Å²) >= 11 is 0. The average Bonchev–Trinajstić information content (AvgIpc) is 3.24. The van der Waals surface area contributed by atoms with E-state index in [1.807, 2.05) is 61.5 Å². The Bertz CT molecular complexity index is 970. The van der Waals surface area contributed by atoms with E-state index < -0.39 is 0 Å². The summed E-state index contributed by atoms with van der Waals surface area (Å²) in [5.74, 6) is 1.14. The standard InChI is InChI=1S/C23H26N4O2/c1-16-8-6-9-18(14-16)23-26-25-22(29-23)17(2)27-13-7-10-19(15-27)21(28)24-20-11-4-3-5-12-20/h3-6,8-9,11-12,14,17,19H,7,10,13,15H2,1-2H3,(H,24,28)/t17-,19-/m1/s1. The second-order valence-corrected chi connectivity index (χ2v) is 7.68. The predicted molar refractivity (Wildman–Crippen MR) is 112 cm³/mol. The fraction of sp³-hybridized carbons (Fsp3) is 0.348. The number of nitrogens with zero attached hydrogens (tertiary/aromatic N) is 3. The van der Waals surface area contributed by atoms with Gasteiger partial charge in [-0.2, -0.15) is 0 Å². The fourth-order valence-corrected chi connectivity index (χ4v) is 3.79. The van der Waals surface area contributed by atoms with E-state index in [0.29, 0.717) is 18.3 Å². The number of piperidine rings is 1. The van der Waals surface area contributed by atoms with Crippen LogP contribution >= 0.6 is 0 Å². The minimum absolute atomic E-state index is 0.0339. The van der Waals surface area contributed by atoms with Gasteiger partial charge in [-0.05, 0) is 57.5 Å². The smallest absolute Gasteiger partial charge is 0.247 e. The molecule has 29 heavy (non-hydrogen) atoms. The fourth-order valence-electron chi connectivity index (χ4n) is 3.79. The number of rotatable bonds is 5. The zero-order valence-electron chi connectivity index (χ0n) is 16.8. The van der Waals surface area contributed by atoms with Crippen molar-refractivity contribution in [3.05, 3.63) is 66.1 Å². The second kappa shape index (κ2) is 8.57. The van der Waals surface area contributed by atoms with Crippen LogP contribution in [0, 0.1) is 12.8 Å². The summed E-state index contributed by atoms with van der Waals surface area (Å²) in [6.45, 7) is 5.70. The Morgan fingerprint density at radius 3 is 2.79 bits per heavy atom. The van der Waals surface area contributed by atoms with Crippen molar-refractivity contribution in [3.63, 3.8) is 0 Å². The molecule has 0 spiro atoms. The molecule has 6 nitrogen and oxygen atoms in total. The van der Waals surface area contributed by atoms with E-state index in [1.54, 1.807) is 0 Å². The molecule has 1 aliphatic heterocycles. The third kappa shape index (κ3) is 4.54. The SMILES string of the molecule is Cc1cccc(-c2nnc([C@@H](C)N3CCC[C@@H](C(=O)Nc4ccccc4)C3)o2)c1. The lowest BCUT2D eigenvalue weighted by molar-refractivity contribution is -0.121. The molecule has 3 aromatic rings. The van der Waals surface area contributed by atoms with Crippen LogP contribution in [0.5, 0.6) is 0 Å². The first kappa shape index (κ1) is 19.3. The van der Waals surface area contributed by atoms with Crippen molar-refractivity contribution >= 4 is 11.6 Å². The molecular weight excluding hydrogens is 364 g/mol. The first-order valence-corrected chi connectivity index (χ1v) is 10.1. The van der Waals surface area contributed by atoms with E-state index >= 15 is 0 Å². The van der Waals surface area contributed by atoms with Gasteiger partial charge in [-0.1, -0.05) is 35.9 Å². The van der Waals surface area contributed by atoms with Crippen LogP contribution in [0.3, 0.4) is 0 Å². The normalized spacial score (nSPS) is 18.3. The van der Waals surface area contributed by atoms with E-state index in [-0.39, 0.29) is 17.9 Å². The van der Waals surface area contributed by atoms with Crippen LogP contribution in [0.2, 0.25) is 0 Å². The number of nitrogens with one attached hydrogen (secondary N) is 1. The van der Waals surface area contributed by atoms with E-state index in [9.17, 15) is 4.79 Å². The van der Waals surface area contributed by atoms with Gasteiger partial charge in [0.1, 0.15) is 0 Å². The summed E-state index contributed by atoms with van der Waals surface area (Å²) < 4.78 is 5.97. The van der Waals surface area contributed by atoms with Gasteiger partial charge in [0.05, 0.1) is 12.0 Å². The zero-order chi connectivity index (χ0) is 20.2. The van der Waals surface area contributed by atoms with E-state index in [0.717, 1.165) is 36.2 Å². The summed E-state index contributed by atoms with van der Waals surface area (Å²) in [5.41, 5.74) is 2.91. The lowest BCUT2D eigenvalue weighted by Crippen LogP contribution is -2.41. The lowest BCUT2D eigenvalue weighted by atomic mass is 9.96. The minimum atomic E-state index is -0.0504. The van der Waals surface area contributed by atoms with Crippen molar-refractivity contribution in [1.82, 2.24) is 15.1 Å². The van der Waals surface area contributed by atoms with Crippen molar-refractivity contribution in [2.75, 3.05) is 18.4 Å². The van der Waals surface area contributed by atoms with Gasteiger partial charge >= 0.3 is 0 Å². The van der Waals surface area contributed by atoms with Crippen LogP contribution in [0.15, 0.2) is 59.0 Å². The molecule has 0 aliphatic carbocycles. The average molecular weight is 390 g/mol. The van der Waals surface area contributed by atoms with Gasteiger partial charge in [-0.15, -0.1) is 10.2 Å². The number of carbonyl (C=O) groups excluding carboxylic acids is 1. The van der Waals surface area contributed by atoms with Crippen LogP contribution in [-0.4, -0.2) is 34.1 Å². The van der Waals surface area contributed by atoms with Gasteiger partial charge < -0.3 is 9.73 Å². The van der Waals surface area contributed by atoms with Crippen LogP contribution in [0.4, 0.5) is 5.69 Å². The number of anilines is 1. The van der Waals surface area contributed by atoms with Crippen LogP contribution in [0.25, 0.3) is 11.5 Å². The number of likely N-dealkylation sites (tertiary alicyclic amines) is 1. The Hall–Kier alpha value is -2.99. The van der Waals surface area contributed by atoms with Crippen molar-refractivity contribution in [1.29, 1.82) is 0 Å². The molecule has 1 aromatic heterocycles. The molecule has 1 aliphatic rings. The molecule has 150 valence electrons. The highest BCUT2D eigenvalue weighted by Crippen LogP contribution is 2.28. The molecule has 4 rings (SSSR count). The molecule has 0 saturated carbocycles. The molecule has 2 atom stereocenters. The van der Waals surface area contributed by atoms with Gasteiger partial charge in [0.2, 0.25) is 17.7 Å². The van der Waals surface area contributed by atoms with Crippen molar-refractivity contribution in [2.24, 2.45) is 5.92 Å². The van der Waals surface area contributed by atoms with Gasteiger partial charge in [0, 0.05) is 17.8 Å². The Labute approximate surface area is 170 Å². The molecule has 1 N–H and O–H groups in total. The Morgan fingerprint density at radius 2 is 2.00 bits per heavy atom. The zero-order valence-corrected chi connectivity index (χ0v) is 16.8. The topological polar surface area (TPSA) is 71.3 Å². The highest BCUT2D eigenvalue weighted by molar-refractivity contribution is 5.92. The Morgan fingerprint density at radius 1 is 1.17 bits per heavy atom. The van der Waals surface area contributed by atoms with Crippen LogP contribution in [-0.2, 0) is 4.79 Å². The van der Waals surface area contributed by atoms with E-state index in [1.165, 1.54) is 0 Å². The largest absolute Gasteiger partial charge is 0.419 e. The number of aromatic nitrogens is 2. The maximum atomic E-state index is 12.7. The summed E-state index contributed by atoms with van der Waals surface area (Å²) in [6, 6.07) is 17.6. The summed E-state index contributed by atoms with van der Waals surface area (Å²) in [7, 11) is 0. The highest BCUT2D eigenvalue weighted by atomic mass is 16.4. The molecule has 1 saturated heterocycles. The van der Waals surface area contributed by atoms with Gasteiger partial charge in [0.25, 0.3) is 0 Å². The molecule has 2 aromatic carbocycles. The Balaban J connectivity index is 1.42. The first-order chi connectivity index (χ1) is 14.1. The number of amides is 1. The minimum Gasteiger partial charge on any atom is -0.419 e. The van der Waals surface area contributed by atoms with E-state index in [2.05, 4.69) is 27.3 Å². The second-order valence-electron chi connectivity index (χ2n) is 7.68.